The lowest BCUT2D eigenvalue weighted by Crippen LogP contribution is -2.15. The molecule has 2 heterocycles. The van der Waals surface area contributed by atoms with Crippen molar-refractivity contribution in [2.45, 2.75) is 10.8 Å². The molecule has 0 fully saturated rings. The molecule has 8 heteroatoms. The molecule has 0 aliphatic rings. The Hall–Kier alpha value is -1.93. The van der Waals surface area contributed by atoms with E-state index in [1.807, 2.05) is 30.5 Å². The first-order chi connectivity index (χ1) is 9.76. The summed E-state index contributed by atoms with van der Waals surface area (Å²) in [4.78, 5) is 16.1. The lowest BCUT2D eigenvalue weighted by atomic mass is 10.2. The number of nitrogens with zero attached hydrogens (tertiary/aromatic N) is 3. The van der Waals surface area contributed by atoms with E-state index in [1.165, 1.54) is 23.3 Å². The third kappa shape index (κ3) is 2.66. The molecule has 3 aromatic rings. The van der Waals surface area contributed by atoms with Crippen LogP contribution in [0.2, 0.25) is 0 Å². The summed E-state index contributed by atoms with van der Waals surface area (Å²) in [6.45, 7) is 0. The average molecular weight is 306 g/mol. The minimum Gasteiger partial charge on any atom is -0.356 e. The molecule has 0 saturated carbocycles. The molecule has 0 saturated heterocycles. The molecular weight excluding hydrogens is 296 g/mol. The highest BCUT2D eigenvalue weighted by Gasteiger charge is 2.13. The first kappa shape index (κ1) is 13.1. The van der Waals surface area contributed by atoms with Crippen molar-refractivity contribution < 1.29 is 9.32 Å². The quantitative estimate of drug-likeness (QED) is 0.746. The van der Waals surface area contributed by atoms with Gasteiger partial charge in [-0.15, -0.1) is 0 Å². The first-order valence-electron chi connectivity index (χ1n) is 5.77. The van der Waals surface area contributed by atoms with Crippen molar-refractivity contribution in [2.75, 3.05) is 11.6 Å². The summed E-state index contributed by atoms with van der Waals surface area (Å²) in [5, 5.41) is 7.42. The molecule has 3 rings (SSSR count). The molecule has 2 aromatic heterocycles. The molecule has 1 aromatic carbocycles. The maximum absolute atomic E-state index is 11.9. The lowest BCUT2D eigenvalue weighted by Gasteiger charge is -1.98. The van der Waals surface area contributed by atoms with Gasteiger partial charge in [0.15, 0.2) is 9.92 Å². The number of thioether (sulfide) groups is 1. The fourth-order valence-corrected chi connectivity index (χ4v) is 2.70. The molecule has 0 unspecified atom stereocenters. The molecule has 0 radical (unpaired) electrons. The van der Waals surface area contributed by atoms with Crippen LogP contribution < -0.4 is 5.32 Å². The van der Waals surface area contributed by atoms with E-state index < -0.39 is 0 Å². The van der Waals surface area contributed by atoms with E-state index in [4.69, 9.17) is 4.52 Å². The third-order valence-corrected chi connectivity index (χ3v) is 4.29. The number of hydrogen-bond donors (Lipinski definition) is 1. The van der Waals surface area contributed by atoms with Gasteiger partial charge in [0.2, 0.25) is 11.9 Å². The van der Waals surface area contributed by atoms with Crippen molar-refractivity contribution in [3.63, 3.8) is 0 Å². The third-order valence-electron chi connectivity index (χ3n) is 2.61. The largest absolute Gasteiger partial charge is 0.356 e. The first-order valence-corrected chi connectivity index (χ1v) is 7.77. The molecule has 1 amide bonds. The number of aromatic nitrogens is 3. The van der Waals surface area contributed by atoms with E-state index in [9.17, 15) is 4.79 Å². The average Bonchev–Trinajstić information content (AvgIpc) is 3.06. The summed E-state index contributed by atoms with van der Waals surface area (Å²) in [6, 6.07) is 7.44. The smallest absolute Gasteiger partial charge is 0.242 e. The van der Waals surface area contributed by atoms with Crippen molar-refractivity contribution in [2.24, 2.45) is 0 Å². The van der Waals surface area contributed by atoms with Crippen molar-refractivity contribution >= 4 is 46.1 Å². The molecule has 0 aliphatic heterocycles. The lowest BCUT2D eigenvalue weighted by molar-refractivity contribution is -0.115. The number of para-hydroxylation sites is 1. The SMILES string of the molecule is CSc1nc(NC(=O)Cc2noc3ccccc23)ns1. The van der Waals surface area contributed by atoms with Gasteiger partial charge in [-0.05, 0) is 29.9 Å². The molecule has 20 heavy (non-hydrogen) atoms. The van der Waals surface area contributed by atoms with E-state index in [1.54, 1.807) is 0 Å². The maximum atomic E-state index is 11.9. The molecule has 0 atom stereocenters. The molecule has 0 spiro atoms. The molecule has 0 bridgehead atoms. The van der Waals surface area contributed by atoms with E-state index in [0.29, 0.717) is 17.2 Å². The topological polar surface area (TPSA) is 80.9 Å². The fourth-order valence-electron chi connectivity index (χ4n) is 1.73. The summed E-state index contributed by atoms with van der Waals surface area (Å²) < 4.78 is 10.0. The van der Waals surface area contributed by atoms with E-state index in [0.717, 1.165) is 9.73 Å². The Morgan fingerprint density at radius 2 is 2.30 bits per heavy atom. The second kappa shape index (κ2) is 5.59. The van der Waals surface area contributed by atoms with Gasteiger partial charge in [0.05, 0.1) is 6.42 Å². The summed E-state index contributed by atoms with van der Waals surface area (Å²) >= 11 is 2.75. The van der Waals surface area contributed by atoms with Crippen LogP contribution in [-0.4, -0.2) is 26.7 Å². The van der Waals surface area contributed by atoms with Crippen LogP contribution in [0.3, 0.4) is 0 Å². The number of anilines is 1. The molecular formula is C12H10N4O2S2. The number of hydrogen-bond acceptors (Lipinski definition) is 7. The van der Waals surface area contributed by atoms with Crippen LogP contribution >= 0.6 is 23.3 Å². The van der Waals surface area contributed by atoms with Crippen LogP contribution in [0.25, 0.3) is 11.0 Å². The number of benzene rings is 1. The monoisotopic (exact) mass is 306 g/mol. The van der Waals surface area contributed by atoms with Gasteiger partial charge in [0.25, 0.3) is 0 Å². The van der Waals surface area contributed by atoms with E-state index >= 15 is 0 Å². The number of carbonyl (C=O) groups excluding carboxylic acids is 1. The molecule has 6 nitrogen and oxygen atoms in total. The fraction of sp³-hybridized carbons (Fsp3) is 0.167. The number of carbonyl (C=O) groups is 1. The van der Waals surface area contributed by atoms with Gasteiger partial charge in [-0.2, -0.15) is 9.36 Å². The van der Waals surface area contributed by atoms with Gasteiger partial charge in [0, 0.05) is 5.39 Å². The van der Waals surface area contributed by atoms with Gasteiger partial charge in [-0.1, -0.05) is 29.1 Å². The van der Waals surface area contributed by atoms with E-state index in [2.05, 4.69) is 19.8 Å². The normalized spacial score (nSPS) is 10.8. The predicted octanol–water partition coefficient (Wildman–Crippen LogP) is 2.58. The Morgan fingerprint density at radius 1 is 1.45 bits per heavy atom. The summed E-state index contributed by atoms with van der Waals surface area (Å²) in [5.41, 5.74) is 1.28. The minimum atomic E-state index is -0.213. The van der Waals surface area contributed by atoms with Gasteiger partial charge >= 0.3 is 0 Å². The van der Waals surface area contributed by atoms with E-state index in [-0.39, 0.29) is 12.3 Å². The highest BCUT2D eigenvalue weighted by atomic mass is 32.2. The molecule has 1 N–H and O–H groups in total. The summed E-state index contributed by atoms with van der Waals surface area (Å²) in [7, 11) is 0. The van der Waals surface area contributed by atoms with Gasteiger partial charge in [-0.25, -0.2) is 0 Å². The molecule has 0 aliphatic carbocycles. The van der Waals surface area contributed by atoms with Crippen LogP contribution in [0.1, 0.15) is 5.69 Å². The summed E-state index contributed by atoms with van der Waals surface area (Å²) in [6.07, 6.45) is 2.04. The number of fused-ring (bicyclic) bond motifs is 1. The van der Waals surface area contributed by atoms with Crippen molar-refractivity contribution in [3.8, 4) is 0 Å². The second-order valence-corrected chi connectivity index (χ2v) is 5.74. The van der Waals surface area contributed by atoms with Crippen LogP contribution in [0.15, 0.2) is 33.1 Å². The van der Waals surface area contributed by atoms with Crippen molar-refractivity contribution in [1.82, 2.24) is 14.5 Å². The highest BCUT2D eigenvalue weighted by molar-refractivity contribution is 8.00. The second-order valence-electron chi connectivity index (χ2n) is 3.94. The van der Waals surface area contributed by atoms with Gasteiger partial charge in [-0.3, -0.25) is 10.1 Å². The van der Waals surface area contributed by atoms with Crippen LogP contribution in [0.4, 0.5) is 5.95 Å². The number of amides is 1. The number of rotatable bonds is 4. The van der Waals surface area contributed by atoms with Crippen molar-refractivity contribution in [3.05, 3.63) is 30.0 Å². The zero-order valence-corrected chi connectivity index (χ0v) is 12.1. The Balaban J connectivity index is 1.72. The number of nitrogens with one attached hydrogen (secondary N) is 1. The van der Waals surface area contributed by atoms with Crippen LogP contribution in [-0.2, 0) is 11.2 Å². The van der Waals surface area contributed by atoms with Crippen molar-refractivity contribution in [1.29, 1.82) is 0 Å². The predicted molar refractivity (Wildman–Crippen MR) is 78.0 cm³/mol. The van der Waals surface area contributed by atoms with Gasteiger partial charge in [0.1, 0.15) is 5.69 Å². The minimum absolute atomic E-state index is 0.130. The Morgan fingerprint density at radius 3 is 3.10 bits per heavy atom. The maximum Gasteiger partial charge on any atom is 0.242 e. The van der Waals surface area contributed by atoms with Gasteiger partial charge < -0.3 is 4.52 Å². The van der Waals surface area contributed by atoms with Crippen LogP contribution in [0, 0.1) is 0 Å². The standard InChI is InChI=1S/C12H10N4O2S2/c1-19-12-14-11(16-20-12)13-10(17)6-8-7-4-2-3-5-9(7)18-15-8/h2-5H,6H2,1H3,(H,13,16,17). The Bertz CT molecular complexity index is 753. The zero-order valence-electron chi connectivity index (χ0n) is 10.5. The summed E-state index contributed by atoms with van der Waals surface area (Å²) in [5.74, 6) is 0.117. The van der Waals surface area contributed by atoms with Crippen LogP contribution in [0.5, 0.6) is 0 Å². The zero-order chi connectivity index (χ0) is 13.9. The highest BCUT2D eigenvalue weighted by Crippen LogP contribution is 2.20. The molecule has 102 valence electrons. The Kier molecular flexibility index (Phi) is 3.66. The Labute approximate surface area is 122 Å².